The molecule has 0 aromatic rings. The first kappa shape index (κ1) is 25.1. The second-order valence-corrected chi connectivity index (χ2v) is 5.92. The first-order chi connectivity index (χ1) is 10.8. The van der Waals surface area contributed by atoms with Gasteiger partial charge in [0.2, 0.25) is 0 Å². The first-order valence-corrected chi connectivity index (χ1v) is 8.23. The van der Waals surface area contributed by atoms with Crippen LogP contribution in [0.15, 0.2) is 0 Å². The van der Waals surface area contributed by atoms with E-state index in [1.54, 1.807) is 0 Å². The third-order valence-corrected chi connectivity index (χ3v) is 3.42. The maximum absolute atomic E-state index is 10.8. The average Bonchev–Trinajstić information content (AvgIpc) is 2.37. The third-order valence-electron chi connectivity index (χ3n) is 3.42. The molecular weight excluding hydrogens is 316 g/mol. The van der Waals surface area contributed by atoms with Crippen LogP contribution >= 0.6 is 0 Å². The summed E-state index contributed by atoms with van der Waals surface area (Å²) in [6.07, 6.45) is 1.91. The second kappa shape index (κ2) is 14.2. The standard InChI is InChI=1S/C8H16O4.C8H14O3.CH4/c1-2-3-6(9)4-7(10)5-8(11)12;1-2-3-7-4-6(9)5-8(10)11-7;/h6-7,9-10H,2-5H2,1H3,(H,11,12);6-7,9H,2-5H2,1H3;1H4/t6-,7-;6-,7?;/m11./s1. The highest BCUT2D eigenvalue weighted by Gasteiger charge is 2.26. The fourth-order valence-electron chi connectivity index (χ4n) is 2.41. The van der Waals surface area contributed by atoms with Gasteiger partial charge in [-0.3, -0.25) is 9.59 Å². The summed E-state index contributed by atoms with van der Waals surface area (Å²) in [7, 11) is 0. The van der Waals surface area contributed by atoms with Crippen LogP contribution in [-0.2, 0) is 14.3 Å². The van der Waals surface area contributed by atoms with E-state index in [0.29, 0.717) is 12.8 Å². The number of aliphatic hydroxyl groups is 3. The fraction of sp³-hybridized carbons (Fsp3) is 0.882. The van der Waals surface area contributed by atoms with Crippen LogP contribution in [0.5, 0.6) is 0 Å². The number of carbonyl (C=O) groups is 2. The molecule has 1 aliphatic rings. The maximum atomic E-state index is 10.8. The quantitative estimate of drug-likeness (QED) is 0.492. The number of hydrogen-bond donors (Lipinski definition) is 4. The minimum absolute atomic E-state index is 0. The molecule has 1 fully saturated rings. The zero-order valence-electron chi connectivity index (χ0n) is 14.0. The van der Waals surface area contributed by atoms with E-state index in [0.717, 1.165) is 19.3 Å². The Labute approximate surface area is 144 Å². The normalized spacial score (nSPS) is 22.3. The van der Waals surface area contributed by atoms with Crippen LogP contribution in [-0.4, -0.2) is 56.8 Å². The summed E-state index contributed by atoms with van der Waals surface area (Å²) in [6, 6.07) is 0. The van der Waals surface area contributed by atoms with E-state index < -0.39 is 24.3 Å². The van der Waals surface area contributed by atoms with Crippen LogP contribution in [0.25, 0.3) is 0 Å². The van der Waals surface area contributed by atoms with Crippen molar-refractivity contribution in [3.63, 3.8) is 0 Å². The molecule has 7 nitrogen and oxygen atoms in total. The van der Waals surface area contributed by atoms with Gasteiger partial charge in [0.25, 0.3) is 0 Å². The van der Waals surface area contributed by atoms with Gasteiger partial charge >= 0.3 is 11.9 Å². The summed E-state index contributed by atoms with van der Waals surface area (Å²) in [5, 5.41) is 35.7. The Morgan fingerprint density at radius 1 is 1.25 bits per heavy atom. The number of cyclic esters (lactones) is 1. The summed E-state index contributed by atoms with van der Waals surface area (Å²) in [6.45, 7) is 3.96. The molecule has 4 N–H and O–H groups in total. The van der Waals surface area contributed by atoms with Gasteiger partial charge in [0.05, 0.1) is 31.2 Å². The van der Waals surface area contributed by atoms with Gasteiger partial charge in [-0.15, -0.1) is 0 Å². The van der Waals surface area contributed by atoms with E-state index in [9.17, 15) is 19.8 Å². The molecule has 0 radical (unpaired) electrons. The predicted octanol–water partition coefficient (Wildman–Crippen LogP) is 1.86. The number of rotatable bonds is 8. The topological polar surface area (TPSA) is 124 Å². The van der Waals surface area contributed by atoms with Crippen molar-refractivity contribution in [3.05, 3.63) is 0 Å². The van der Waals surface area contributed by atoms with Crippen LogP contribution in [0.2, 0.25) is 0 Å². The summed E-state index contributed by atoms with van der Waals surface area (Å²) in [5.74, 6) is -1.30. The van der Waals surface area contributed by atoms with Gasteiger partial charge in [-0.2, -0.15) is 0 Å². The van der Waals surface area contributed by atoms with Crippen molar-refractivity contribution in [1.29, 1.82) is 0 Å². The summed E-state index contributed by atoms with van der Waals surface area (Å²) >= 11 is 0. The molecule has 1 heterocycles. The summed E-state index contributed by atoms with van der Waals surface area (Å²) in [4.78, 5) is 20.9. The summed E-state index contributed by atoms with van der Waals surface area (Å²) in [5.41, 5.74) is 0. The average molecular weight is 350 g/mol. The van der Waals surface area contributed by atoms with Gasteiger partial charge < -0.3 is 25.2 Å². The highest BCUT2D eigenvalue weighted by molar-refractivity contribution is 5.70. The monoisotopic (exact) mass is 350 g/mol. The van der Waals surface area contributed by atoms with E-state index in [1.165, 1.54) is 0 Å². The van der Waals surface area contributed by atoms with Gasteiger partial charge in [-0.05, 0) is 19.3 Å². The lowest BCUT2D eigenvalue weighted by Gasteiger charge is -2.25. The number of carboxylic acid groups (broad SMARTS) is 1. The molecule has 0 aromatic heterocycles. The van der Waals surface area contributed by atoms with Crippen molar-refractivity contribution in [2.75, 3.05) is 0 Å². The molecule has 0 aliphatic carbocycles. The molecule has 1 rings (SSSR count). The van der Waals surface area contributed by atoms with Crippen molar-refractivity contribution < 1.29 is 34.8 Å². The number of hydrogen-bond acceptors (Lipinski definition) is 6. The molecule has 144 valence electrons. The number of carboxylic acids is 1. The van der Waals surface area contributed by atoms with Crippen molar-refractivity contribution in [2.45, 2.75) is 97.1 Å². The Morgan fingerprint density at radius 3 is 2.33 bits per heavy atom. The van der Waals surface area contributed by atoms with E-state index in [-0.39, 0.29) is 38.8 Å². The highest BCUT2D eigenvalue weighted by atomic mass is 16.5. The second-order valence-electron chi connectivity index (χ2n) is 5.92. The van der Waals surface area contributed by atoms with Crippen LogP contribution in [0, 0.1) is 0 Å². The first-order valence-electron chi connectivity index (χ1n) is 8.23. The maximum Gasteiger partial charge on any atom is 0.308 e. The number of esters is 1. The van der Waals surface area contributed by atoms with Gasteiger partial charge in [-0.1, -0.05) is 34.1 Å². The van der Waals surface area contributed by atoms with E-state index in [1.807, 2.05) is 13.8 Å². The predicted molar refractivity (Wildman–Crippen MR) is 90.6 cm³/mol. The number of ether oxygens (including phenoxy) is 1. The minimum atomic E-state index is -1.04. The largest absolute Gasteiger partial charge is 0.481 e. The Balaban J connectivity index is 0. The lowest BCUT2D eigenvalue weighted by Crippen LogP contribution is -2.32. The molecule has 7 heteroatoms. The molecule has 24 heavy (non-hydrogen) atoms. The minimum Gasteiger partial charge on any atom is -0.481 e. The van der Waals surface area contributed by atoms with Gasteiger partial charge in [0.15, 0.2) is 0 Å². The van der Waals surface area contributed by atoms with Gasteiger partial charge in [-0.25, -0.2) is 0 Å². The van der Waals surface area contributed by atoms with E-state index in [4.69, 9.17) is 14.9 Å². The number of carbonyl (C=O) groups excluding carboxylic acids is 1. The lowest BCUT2D eigenvalue weighted by atomic mass is 10.0. The SMILES string of the molecule is C.CCCC1C[C@@H](O)CC(=O)O1.CCC[C@@H](O)C[C@@H](O)CC(=O)O. The van der Waals surface area contributed by atoms with Crippen LogP contribution in [0.3, 0.4) is 0 Å². The van der Waals surface area contributed by atoms with Crippen LogP contribution in [0.1, 0.15) is 72.6 Å². The van der Waals surface area contributed by atoms with Crippen molar-refractivity contribution in [2.24, 2.45) is 0 Å². The third kappa shape index (κ3) is 13.3. The van der Waals surface area contributed by atoms with Gasteiger partial charge in [0.1, 0.15) is 6.10 Å². The molecule has 1 saturated heterocycles. The Bertz CT molecular complexity index is 346. The van der Waals surface area contributed by atoms with Crippen LogP contribution < -0.4 is 0 Å². The zero-order chi connectivity index (χ0) is 17.8. The summed E-state index contributed by atoms with van der Waals surface area (Å²) < 4.78 is 5.00. The van der Waals surface area contributed by atoms with E-state index >= 15 is 0 Å². The van der Waals surface area contributed by atoms with Crippen LogP contribution in [0.4, 0.5) is 0 Å². The van der Waals surface area contributed by atoms with E-state index in [2.05, 4.69) is 0 Å². The van der Waals surface area contributed by atoms with Gasteiger partial charge in [0, 0.05) is 6.42 Å². The zero-order valence-corrected chi connectivity index (χ0v) is 14.0. The fourth-order valence-corrected chi connectivity index (χ4v) is 2.41. The Hall–Kier alpha value is -1.18. The van der Waals surface area contributed by atoms with Crippen molar-refractivity contribution in [1.82, 2.24) is 0 Å². The molecule has 0 aromatic carbocycles. The molecule has 1 aliphatic heterocycles. The van der Waals surface area contributed by atoms with Crippen molar-refractivity contribution >= 4 is 11.9 Å². The molecule has 0 bridgehead atoms. The number of aliphatic carboxylic acids is 1. The molecule has 0 saturated carbocycles. The highest BCUT2D eigenvalue weighted by Crippen LogP contribution is 2.18. The Kier molecular flexibility index (Phi) is 14.8. The lowest BCUT2D eigenvalue weighted by molar-refractivity contribution is -0.160. The smallest absolute Gasteiger partial charge is 0.308 e. The molecule has 0 spiro atoms. The Morgan fingerprint density at radius 2 is 1.88 bits per heavy atom. The molecule has 1 unspecified atom stereocenters. The number of aliphatic hydroxyl groups excluding tert-OH is 3. The van der Waals surface area contributed by atoms with Crippen molar-refractivity contribution in [3.8, 4) is 0 Å². The molecule has 0 amide bonds. The molecular formula is C17H34O7. The molecule has 4 atom stereocenters.